The molecule has 0 N–H and O–H groups in total. The van der Waals surface area contributed by atoms with Gasteiger partial charge in [0.1, 0.15) is 6.04 Å². The Balaban J connectivity index is 2.46. The molecule has 1 fully saturated rings. The average Bonchev–Trinajstić information content (AvgIpc) is 2.21. The zero-order chi connectivity index (χ0) is 10.4. The minimum absolute atomic E-state index is 0.0844. The summed E-state index contributed by atoms with van der Waals surface area (Å²) in [5.41, 5.74) is 0. The molecule has 0 bridgehead atoms. The third-order valence-electron chi connectivity index (χ3n) is 2.43. The van der Waals surface area contributed by atoms with E-state index in [1.165, 1.54) is 0 Å². The number of carbonyl (C=O) groups excluding carboxylic acids is 1. The van der Waals surface area contributed by atoms with E-state index in [0.29, 0.717) is 6.61 Å². The molecule has 1 saturated heterocycles. The second kappa shape index (κ2) is 5.98. The summed E-state index contributed by atoms with van der Waals surface area (Å²) in [4.78, 5) is 13.7. The first-order valence-electron chi connectivity index (χ1n) is 5.28. The summed E-state index contributed by atoms with van der Waals surface area (Å²) < 4.78 is 10.3. The van der Waals surface area contributed by atoms with E-state index in [1.807, 2.05) is 13.8 Å². The minimum Gasteiger partial charge on any atom is -0.465 e. The molecule has 0 amide bonds. The number of ether oxygens (including phenoxy) is 2. The molecule has 0 radical (unpaired) electrons. The fourth-order valence-corrected chi connectivity index (χ4v) is 1.70. The first kappa shape index (κ1) is 11.5. The third kappa shape index (κ3) is 2.96. The van der Waals surface area contributed by atoms with Crippen LogP contribution in [0.4, 0.5) is 0 Å². The van der Waals surface area contributed by atoms with Gasteiger partial charge in [0, 0.05) is 13.1 Å². The summed E-state index contributed by atoms with van der Waals surface area (Å²) in [6.07, 6.45) is 0.804. The predicted molar refractivity (Wildman–Crippen MR) is 53.1 cm³/mol. The first-order chi connectivity index (χ1) is 6.79. The highest BCUT2D eigenvalue weighted by Crippen LogP contribution is 2.09. The molecule has 4 nitrogen and oxygen atoms in total. The molecule has 0 aromatic rings. The van der Waals surface area contributed by atoms with Gasteiger partial charge in [-0.15, -0.1) is 0 Å². The van der Waals surface area contributed by atoms with Gasteiger partial charge in [-0.1, -0.05) is 6.92 Å². The van der Waals surface area contributed by atoms with Gasteiger partial charge in [-0.2, -0.15) is 0 Å². The highest BCUT2D eigenvalue weighted by atomic mass is 16.5. The van der Waals surface area contributed by atoms with Crippen LogP contribution in [0.1, 0.15) is 20.3 Å². The second-order valence-electron chi connectivity index (χ2n) is 3.32. The molecular weight excluding hydrogens is 182 g/mol. The lowest BCUT2D eigenvalue weighted by atomic mass is 10.2. The zero-order valence-corrected chi connectivity index (χ0v) is 8.99. The monoisotopic (exact) mass is 201 g/mol. The summed E-state index contributed by atoms with van der Waals surface area (Å²) >= 11 is 0. The lowest BCUT2D eigenvalue weighted by Gasteiger charge is -2.32. The van der Waals surface area contributed by atoms with Gasteiger partial charge < -0.3 is 9.47 Å². The Morgan fingerprint density at radius 2 is 2.07 bits per heavy atom. The molecule has 1 heterocycles. The topological polar surface area (TPSA) is 38.8 Å². The van der Waals surface area contributed by atoms with Crippen molar-refractivity contribution < 1.29 is 14.3 Å². The molecule has 0 spiro atoms. The van der Waals surface area contributed by atoms with Crippen LogP contribution in [-0.4, -0.2) is 49.8 Å². The van der Waals surface area contributed by atoms with Crippen molar-refractivity contribution in [2.45, 2.75) is 26.3 Å². The normalized spacial score (nSPS) is 20.4. The van der Waals surface area contributed by atoms with Crippen molar-refractivity contribution in [2.24, 2.45) is 0 Å². The fraction of sp³-hybridized carbons (Fsp3) is 0.900. The molecule has 82 valence electrons. The number of carbonyl (C=O) groups is 1. The van der Waals surface area contributed by atoms with Gasteiger partial charge in [0.25, 0.3) is 0 Å². The summed E-state index contributed by atoms with van der Waals surface area (Å²) in [5, 5.41) is 0. The van der Waals surface area contributed by atoms with Crippen molar-refractivity contribution in [2.75, 3.05) is 32.9 Å². The molecule has 0 aromatic heterocycles. The zero-order valence-electron chi connectivity index (χ0n) is 8.99. The fourth-order valence-electron chi connectivity index (χ4n) is 1.70. The van der Waals surface area contributed by atoms with Crippen molar-refractivity contribution in [1.82, 2.24) is 4.90 Å². The Bertz CT molecular complexity index is 178. The third-order valence-corrected chi connectivity index (χ3v) is 2.43. The van der Waals surface area contributed by atoms with Crippen LogP contribution in [0, 0.1) is 0 Å². The standard InChI is InChI=1S/C10H19NO3/c1-3-9(10(12)14-4-2)11-5-7-13-8-6-11/h9H,3-8H2,1-2H3. The van der Waals surface area contributed by atoms with Gasteiger partial charge in [-0.05, 0) is 13.3 Å². The van der Waals surface area contributed by atoms with Crippen LogP contribution in [-0.2, 0) is 14.3 Å². The number of esters is 1. The van der Waals surface area contributed by atoms with Crippen molar-refractivity contribution >= 4 is 5.97 Å². The van der Waals surface area contributed by atoms with E-state index in [0.717, 1.165) is 32.7 Å². The highest BCUT2D eigenvalue weighted by Gasteiger charge is 2.26. The summed E-state index contributed by atoms with van der Waals surface area (Å²) in [5.74, 6) is -0.100. The van der Waals surface area contributed by atoms with Gasteiger partial charge in [-0.25, -0.2) is 0 Å². The number of nitrogens with zero attached hydrogens (tertiary/aromatic N) is 1. The second-order valence-corrected chi connectivity index (χ2v) is 3.32. The predicted octanol–water partition coefficient (Wildman–Crippen LogP) is 0.660. The Labute approximate surface area is 85.2 Å². The molecule has 1 atom stereocenters. The van der Waals surface area contributed by atoms with Gasteiger partial charge in [0.2, 0.25) is 0 Å². The summed E-state index contributed by atoms with van der Waals surface area (Å²) in [6, 6.07) is -0.0844. The van der Waals surface area contributed by atoms with E-state index in [2.05, 4.69) is 4.90 Å². The quantitative estimate of drug-likeness (QED) is 0.626. The van der Waals surface area contributed by atoms with Crippen LogP contribution in [0.25, 0.3) is 0 Å². The van der Waals surface area contributed by atoms with Gasteiger partial charge in [-0.3, -0.25) is 9.69 Å². The van der Waals surface area contributed by atoms with Crippen molar-refractivity contribution in [3.63, 3.8) is 0 Å². The molecular formula is C10H19NO3. The van der Waals surface area contributed by atoms with Crippen LogP contribution in [0.2, 0.25) is 0 Å². The Kier molecular flexibility index (Phi) is 4.90. The highest BCUT2D eigenvalue weighted by molar-refractivity contribution is 5.75. The molecule has 1 rings (SSSR count). The lowest BCUT2D eigenvalue weighted by Crippen LogP contribution is -2.47. The molecule has 1 aliphatic heterocycles. The van der Waals surface area contributed by atoms with Crippen LogP contribution >= 0.6 is 0 Å². The molecule has 0 saturated carbocycles. The minimum atomic E-state index is -0.100. The first-order valence-corrected chi connectivity index (χ1v) is 5.28. The maximum atomic E-state index is 11.6. The SMILES string of the molecule is CCOC(=O)C(CC)N1CCOCC1. The van der Waals surface area contributed by atoms with E-state index < -0.39 is 0 Å². The smallest absolute Gasteiger partial charge is 0.323 e. The molecule has 1 aliphatic rings. The van der Waals surface area contributed by atoms with Crippen molar-refractivity contribution in [3.05, 3.63) is 0 Å². The van der Waals surface area contributed by atoms with E-state index in [4.69, 9.17) is 9.47 Å². The lowest BCUT2D eigenvalue weighted by molar-refractivity contribution is -0.151. The van der Waals surface area contributed by atoms with E-state index >= 15 is 0 Å². The summed E-state index contributed by atoms with van der Waals surface area (Å²) in [6.45, 7) is 7.40. The Hall–Kier alpha value is -0.610. The Morgan fingerprint density at radius 3 is 2.57 bits per heavy atom. The molecule has 14 heavy (non-hydrogen) atoms. The Morgan fingerprint density at radius 1 is 1.43 bits per heavy atom. The van der Waals surface area contributed by atoms with Crippen molar-refractivity contribution in [3.8, 4) is 0 Å². The number of hydrogen-bond donors (Lipinski definition) is 0. The van der Waals surface area contributed by atoms with Crippen LogP contribution in [0.15, 0.2) is 0 Å². The largest absolute Gasteiger partial charge is 0.465 e. The van der Waals surface area contributed by atoms with Gasteiger partial charge in [0.05, 0.1) is 19.8 Å². The van der Waals surface area contributed by atoms with E-state index in [9.17, 15) is 4.79 Å². The average molecular weight is 201 g/mol. The molecule has 4 heteroatoms. The van der Waals surface area contributed by atoms with E-state index in [-0.39, 0.29) is 12.0 Å². The number of morpholine rings is 1. The van der Waals surface area contributed by atoms with Crippen molar-refractivity contribution in [1.29, 1.82) is 0 Å². The van der Waals surface area contributed by atoms with Gasteiger partial charge >= 0.3 is 5.97 Å². The summed E-state index contributed by atoms with van der Waals surface area (Å²) in [7, 11) is 0. The van der Waals surface area contributed by atoms with Crippen LogP contribution in [0.3, 0.4) is 0 Å². The van der Waals surface area contributed by atoms with Crippen LogP contribution in [0.5, 0.6) is 0 Å². The maximum absolute atomic E-state index is 11.6. The molecule has 1 unspecified atom stereocenters. The van der Waals surface area contributed by atoms with E-state index in [1.54, 1.807) is 0 Å². The molecule has 0 aliphatic carbocycles. The maximum Gasteiger partial charge on any atom is 0.323 e. The molecule has 0 aromatic carbocycles. The number of rotatable bonds is 4. The van der Waals surface area contributed by atoms with Crippen LogP contribution < -0.4 is 0 Å². The number of hydrogen-bond acceptors (Lipinski definition) is 4. The van der Waals surface area contributed by atoms with Gasteiger partial charge in [0.15, 0.2) is 0 Å².